The van der Waals surface area contributed by atoms with E-state index in [1.165, 1.54) is 4.68 Å². The van der Waals surface area contributed by atoms with E-state index in [1.54, 1.807) is 6.20 Å². The van der Waals surface area contributed by atoms with Gasteiger partial charge in [0.15, 0.2) is 0 Å². The van der Waals surface area contributed by atoms with E-state index in [4.69, 9.17) is 5.11 Å². The van der Waals surface area contributed by atoms with Crippen molar-refractivity contribution in [1.82, 2.24) is 20.0 Å². The molecule has 1 unspecified atom stereocenters. The molecule has 0 radical (unpaired) electrons. The van der Waals surface area contributed by atoms with Crippen molar-refractivity contribution >= 4 is 10.9 Å². The average molecular weight is 270 g/mol. The second kappa shape index (κ2) is 5.36. The number of aliphatic hydroxyl groups excluding tert-OH is 2. The Morgan fingerprint density at radius 1 is 1.10 bits per heavy atom. The summed E-state index contributed by atoms with van der Waals surface area (Å²) in [5.41, 5.74) is 2.27. The monoisotopic (exact) mass is 270 g/mol. The van der Waals surface area contributed by atoms with E-state index >= 15 is 0 Å². The maximum Gasteiger partial charge on any atom is 0.131 e. The molecular formula is C14H14N4O2. The number of hydrogen-bond donors (Lipinski definition) is 2. The van der Waals surface area contributed by atoms with Gasteiger partial charge in [0.25, 0.3) is 0 Å². The van der Waals surface area contributed by atoms with Crippen LogP contribution in [0.15, 0.2) is 42.6 Å². The van der Waals surface area contributed by atoms with E-state index in [-0.39, 0.29) is 13.2 Å². The molecule has 3 rings (SSSR count). The van der Waals surface area contributed by atoms with Gasteiger partial charge in [-0.25, -0.2) is 9.67 Å². The number of aromatic nitrogens is 4. The fourth-order valence-electron chi connectivity index (χ4n) is 1.99. The summed E-state index contributed by atoms with van der Waals surface area (Å²) in [6.45, 7) is -0.0967. The van der Waals surface area contributed by atoms with E-state index in [9.17, 15) is 5.11 Å². The van der Waals surface area contributed by atoms with Crippen LogP contribution in [0.2, 0.25) is 0 Å². The molecule has 0 spiro atoms. The number of fused-ring (bicyclic) bond motifs is 1. The van der Waals surface area contributed by atoms with Crippen LogP contribution in [0.3, 0.4) is 0 Å². The fourth-order valence-corrected chi connectivity index (χ4v) is 1.99. The highest BCUT2D eigenvalue weighted by Crippen LogP contribution is 2.18. The Kier molecular flexibility index (Phi) is 3.41. The quantitative estimate of drug-likeness (QED) is 0.734. The third-order valence-electron chi connectivity index (χ3n) is 3.01. The fraction of sp³-hybridized carbons (Fsp3) is 0.214. The Morgan fingerprint density at radius 3 is 2.80 bits per heavy atom. The lowest BCUT2D eigenvalue weighted by Gasteiger charge is -2.04. The number of nitrogens with zero attached hydrogens (tertiary/aromatic N) is 4. The lowest BCUT2D eigenvalue weighted by Crippen LogP contribution is -2.20. The molecule has 6 nitrogen and oxygen atoms in total. The third-order valence-corrected chi connectivity index (χ3v) is 3.01. The van der Waals surface area contributed by atoms with Gasteiger partial charge in [0.1, 0.15) is 5.69 Å². The van der Waals surface area contributed by atoms with Gasteiger partial charge in [-0.15, -0.1) is 5.10 Å². The van der Waals surface area contributed by atoms with Gasteiger partial charge in [-0.3, -0.25) is 0 Å². The van der Waals surface area contributed by atoms with E-state index in [0.717, 1.165) is 16.6 Å². The molecule has 20 heavy (non-hydrogen) atoms. The maximum absolute atomic E-state index is 9.38. The van der Waals surface area contributed by atoms with Crippen LogP contribution in [-0.4, -0.2) is 42.9 Å². The largest absolute Gasteiger partial charge is 0.394 e. The molecule has 2 N–H and O–H groups in total. The summed E-state index contributed by atoms with van der Waals surface area (Å²) in [6, 6.07) is 11.7. The first kappa shape index (κ1) is 12.7. The van der Waals surface area contributed by atoms with Crippen molar-refractivity contribution in [3.05, 3.63) is 42.6 Å². The predicted molar refractivity (Wildman–Crippen MR) is 73.9 cm³/mol. The molecule has 102 valence electrons. The Morgan fingerprint density at radius 2 is 1.95 bits per heavy atom. The molecule has 0 saturated heterocycles. The van der Waals surface area contributed by atoms with Crippen molar-refractivity contribution < 1.29 is 10.2 Å². The standard InChI is InChI=1S/C14H14N4O2/c19-9-11(20)7-18-8-14(16-17-18)13-6-5-10-3-1-2-4-12(10)15-13/h1-6,8,11,19-20H,7,9H2. The molecular weight excluding hydrogens is 256 g/mol. The molecule has 0 aliphatic carbocycles. The van der Waals surface area contributed by atoms with Gasteiger partial charge in [-0.05, 0) is 12.1 Å². The van der Waals surface area contributed by atoms with Crippen molar-refractivity contribution in [2.24, 2.45) is 0 Å². The first-order valence-electron chi connectivity index (χ1n) is 6.31. The van der Waals surface area contributed by atoms with Crippen molar-refractivity contribution in [3.63, 3.8) is 0 Å². The molecule has 3 aromatic rings. The minimum Gasteiger partial charge on any atom is -0.394 e. The first-order chi connectivity index (χ1) is 9.76. The zero-order valence-corrected chi connectivity index (χ0v) is 10.7. The minimum absolute atomic E-state index is 0.205. The Bertz CT molecular complexity index is 726. The summed E-state index contributed by atoms with van der Waals surface area (Å²) in [5.74, 6) is 0. The molecule has 0 saturated carbocycles. The van der Waals surface area contributed by atoms with Crippen molar-refractivity contribution in [3.8, 4) is 11.4 Å². The zero-order chi connectivity index (χ0) is 13.9. The van der Waals surface area contributed by atoms with Crippen LogP contribution in [0, 0.1) is 0 Å². The summed E-state index contributed by atoms with van der Waals surface area (Å²) >= 11 is 0. The van der Waals surface area contributed by atoms with Crippen LogP contribution in [0.25, 0.3) is 22.3 Å². The Balaban J connectivity index is 1.91. The summed E-state index contributed by atoms with van der Waals surface area (Å²) in [6.07, 6.45) is 0.866. The SMILES string of the molecule is OCC(O)Cn1cc(-c2ccc3ccccc3n2)nn1. The van der Waals surface area contributed by atoms with Crippen molar-refractivity contribution in [2.75, 3.05) is 6.61 Å². The zero-order valence-electron chi connectivity index (χ0n) is 10.7. The normalized spacial score (nSPS) is 12.7. The number of aliphatic hydroxyl groups is 2. The van der Waals surface area contributed by atoms with Crippen LogP contribution in [-0.2, 0) is 6.54 Å². The Hall–Kier alpha value is -2.31. The van der Waals surface area contributed by atoms with Crippen LogP contribution in [0.4, 0.5) is 0 Å². The Labute approximate surface area is 115 Å². The van der Waals surface area contributed by atoms with Crippen LogP contribution < -0.4 is 0 Å². The first-order valence-corrected chi connectivity index (χ1v) is 6.31. The van der Waals surface area contributed by atoms with E-state index in [1.807, 2.05) is 36.4 Å². The highest BCUT2D eigenvalue weighted by Gasteiger charge is 2.09. The van der Waals surface area contributed by atoms with Gasteiger partial charge < -0.3 is 10.2 Å². The number of benzene rings is 1. The summed E-state index contributed by atoms with van der Waals surface area (Å²) in [5, 5.41) is 27.2. The van der Waals surface area contributed by atoms with E-state index < -0.39 is 6.10 Å². The smallest absolute Gasteiger partial charge is 0.131 e. The van der Waals surface area contributed by atoms with Gasteiger partial charge in [0.05, 0.1) is 36.7 Å². The molecule has 2 heterocycles. The van der Waals surface area contributed by atoms with Gasteiger partial charge in [-0.2, -0.15) is 0 Å². The average Bonchev–Trinajstić information content (AvgIpc) is 2.95. The molecule has 1 atom stereocenters. The van der Waals surface area contributed by atoms with E-state index in [2.05, 4.69) is 15.3 Å². The van der Waals surface area contributed by atoms with Crippen molar-refractivity contribution in [1.29, 1.82) is 0 Å². The highest BCUT2D eigenvalue weighted by atomic mass is 16.3. The van der Waals surface area contributed by atoms with Crippen LogP contribution in [0.1, 0.15) is 0 Å². The summed E-state index contributed by atoms with van der Waals surface area (Å²) in [4.78, 5) is 4.53. The number of rotatable bonds is 4. The number of para-hydroxylation sites is 1. The maximum atomic E-state index is 9.38. The molecule has 0 fully saturated rings. The molecule has 6 heteroatoms. The lowest BCUT2D eigenvalue weighted by atomic mass is 10.2. The third kappa shape index (κ3) is 2.52. The molecule has 0 bridgehead atoms. The van der Waals surface area contributed by atoms with E-state index in [0.29, 0.717) is 5.69 Å². The number of pyridine rings is 1. The lowest BCUT2D eigenvalue weighted by molar-refractivity contribution is 0.0778. The van der Waals surface area contributed by atoms with Gasteiger partial charge in [0.2, 0.25) is 0 Å². The summed E-state index contributed by atoms with van der Waals surface area (Å²) in [7, 11) is 0. The predicted octanol–water partition coefficient (Wildman–Crippen LogP) is 0.846. The molecule has 0 amide bonds. The van der Waals surface area contributed by atoms with Crippen LogP contribution in [0.5, 0.6) is 0 Å². The second-order valence-electron chi connectivity index (χ2n) is 4.55. The van der Waals surface area contributed by atoms with Gasteiger partial charge in [0, 0.05) is 5.39 Å². The molecule has 0 aliphatic heterocycles. The molecule has 0 aliphatic rings. The summed E-state index contributed by atoms with van der Waals surface area (Å²) < 4.78 is 1.49. The molecule has 2 aromatic heterocycles. The van der Waals surface area contributed by atoms with Crippen molar-refractivity contribution in [2.45, 2.75) is 12.6 Å². The topological polar surface area (TPSA) is 84.1 Å². The van der Waals surface area contributed by atoms with Gasteiger partial charge >= 0.3 is 0 Å². The van der Waals surface area contributed by atoms with Crippen LogP contribution >= 0.6 is 0 Å². The minimum atomic E-state index is -0.839. The second-order valence-corrected chi connectivity index (χ2v) is 4.55. The highest BCUT2D eigenvalue weighted by molar-refractivity contribution is 5.80. The molecule has 1 aromatic carbocycles. The van der Waals surface area contributed by atoms with Gasteiger partial charge in [-0.1, -0.05) is 29.5 Å². The number of hydrogen-bond acceptors (Lipinski definition) is 5.